The smallest absolute Gasteiger partial charge is 0.335 e. The van der Waals surface area contributed by atoms with Gasteiger partial charge in [-0.1, -0.05) is 43.2 Å². The Kier molecular flexibility index (Phi) is 11.0. The van der Waals surface area contributed by atoms with Crippen LogP contribution in [-0.2, 0) is 20.8 Å². The van der Waals surface area contributed by atoms with E-state index in [4.69, 9.17) is 5.11 Å². The number of carboxylic acid groups (broad SMARTS) is 1. The molecule has 4 N–H and O–H groups in total. The van der Waals surface area contributed by atoms with Crippen molar-refractivity contribution in [1.82, 2.24) is 15.5 Å². The van der Waals surface area contributed by atoms with Gasteiger partial charge in [-0.25, -0.2) is 22.4 Å². The van der Waals surface area contributed by atoms with Crippen LogP contribution in [0.15, 0.2) is 42.5 Å². The first-order chi connectivity index (χ1) is 21.0. The van der Waals surface area contributed by atoms with Gasteiger partial charge in [0, 0.05) is 31.0 Å². The van der Waals surface area contributed by atoms with E-state index in [1.807, 2.05) is 30.3 Å². The van der Waals surface area contributed by atoms with Crippen LogP contribution in [0.3, 0.4) is 0 Å². The van der Waals surface area contributed by atoms with Crippen LogP contribution in [0.5, 0.6) is 0 Å². The van der Waals surface area contributed by atoms with Gasteiger partial charge in [-0.15, -0.1) is 0 Å². The number of aromatic carboxylic acids is 1. The number of nitrogens with zero attached hydrogens (tertiary/aromatic N) is 1. The van der Waals surface area contributed by atoms with E-state index in [9.17, 15) is 41.8 Å². The van der Waals surface area contributed by atoms with Crippen LogP contribution in [0.1, 0.15) is 65.9 Å². The molecule has 1 saturated heterocycles. The summed E-state index contributed by atoms with van der Waals surface area (Å²) >= 11 is 0. The summed E-state index contributed by atoms with van der Waals surface area (Å²) in [5, 5.41) is 24.4. The van der Waals surface area contributed by atoms with Crippen molar-refractivity contribution in [3.05, 3.63) is 70.8 Å². The Bertz CT molecular complexity index is 1330. The molecule has 1 aliphatic carbocycles. The summed E-state index contributed by atoms with van der Waals surface area (Å²) in [6.07, 6.45) is -2.53. The first kappa shape index (κ1) is 32.9. The predicted octanol–water partition coefficient (Wildman–Crippen LogP) is 3.40. The molecule has 4 atom stereocenters. The van der Waals surface area contributed by atoms with Crippen molar-refractivity contribution in [3.63, 3.8) is 0 Å². The van der Waals surface area contributed by atoms with Crippen LogP contribution in [0.2, 0.25) is 0 Å². The van der Waals surface area contributed by atoms with E-state index in [1.165, 1.54) is 4.90 Å². The van der Waals surface area contributed by atoms with Crippen molar-refractivity contribution in [2.24, 2.45) is 5.92 Å². The topological polar surface area (TPSA) is 136 Å². The highest BCUT2D eigenvalue weighted by Crippen LogP contribution is 2.35. The van der Waals surface area contributed by atoms with Crippen molar-refractivity contribution in [2.75, 3.05) is 13.1 Å². The fourth-order valence-corrected chi connectivity index (χ4v) is 6.02. The number of hydrogen-bond acceptors (Lipinski definition) is 5. The van der Waals surface area contributed by atoms with Crippen molar-refractivity contribution in [1.29, 1.82) is 0 Å². The van der Waals surface area contributed by atoms with E-state index >= 15 is 0 Å². The van der Waals surface area contributed by atoms with Crippen molar-refractivity contribution in [2.45, 2.75) is 75.5 Å². The van der Waals surface area contributed by atoms with Gasteiger partial charge in [0.15, 0.2) is 0 Å². The van der Waals surface area contributed by atoms with Gasteiger partial charge in [-0.2, -0.15) is 0 Å². The van der Waals surface area contributed by atoms with Crippen LogP contribution in [0.25, 0.3) is 0 Å². The molecule has 2 aromatic rings. The highest BCUT2D eigenvalue weighted by atomic mass is 19.3. The third-order valence-electron chi connectivity index (χ3n) is 8.37. The maximum atomic E-state index is 14.3. The summed E-state index contributed by atoms with van der Waals surface area (Å²) in [5.41, 5.74) is -0.247. The molecule has 1 aliphatic heterocycles. The summed E-state index contributed by atoms with van der Waals surface area (Å²) in [6, 6.07) is 7.52. The summed E-state index contributed by atoms with van der Waals surface area (Å²) in [6.45, 7) is -0.277. The molecule has 1 unspecified atom stereocenters. The molecule has 2 aliphatic rings. The minimum absolute atomic E-state index is 0.119. The quantitative estimate of drug-likeness (QED) is 0.269. The Balaban J connectivity index is 1.46. The van der Waals surface area contributed by atoms with Gasteiger partial charge in [0.05, 0.1) is 5.56 Å². The molecule has 13 heteroatoms. The van der Waals surface area contributed by atoms with Gasteiger partial charge in [0.2, 0.25) is 18.2 Å². The van der Waals surface area contributed by atoms with Gasteiger partial charge < -0.3 is 25.7 Å². The molecule has 2 fully saturated rings. The Morgan fingerprint density at radius 3 is 2.23 bits per heavy atom. The largest absolute Gasteiger partial charge is 0.478 e. The van der Waals surface area contributed by atoms with E-state index in [2.05, 4.69) is 10.6 Å². The van der Waals surface area contributed by atoms with E-state index in [1.54, 1.807) is 0 Å². The van der Waals surface area contributed by atoms with E-state index < -0.39 is 90.5 Å². The molecule has 0 bridgehead atoms. The molecule has 0 spiro atoms. The molecule has 0 aromatic heterocycles. The molecular weight excluding hydrogens is 586 g/mol. The zero-order valence-corrected chi connectivity index (χ0v) is 23.9. The lowest BCUT2D eigenvalue weighted by atomic mass is 9.96. The number of hydrogen-bond donors (Lipinski definition) is 4. The number of rotatable bonds is 12. The molecule has 1 heterocycles. The number of carboxylic acids is 1. The normalized spacial score (nSPS) is 20.0. The Labute approximate surface area is 251 Å². The van der Waals surface area contributed by atoms with Gasteiger partial charge in [0.25, 0.3) is 5.91 Å². The SMILES string of the molecule is O=C(O)c1cc(F)c(CCNC(=O)[C@H](CC(F)F)NC(=O)C2C[C@@H](c3ccccc3)CN2C(=O)[C@@H](O)C2CCCC2)c(F)c1. The van der Waals surface area contributed by atoms with Crippen LogP contribution in [0, 0.1) is 17.6 Å². The van der Waals surface area contributed by atoms with Gasteiger partial charge in [0.1, 0.15) is 29.8 Å². The van der Waals surface area contributed by atoms with Crippen LogP contribution in [-0.4, -0.2) is 76.5 Å². The number of carbonyl (C=O) groups is 4. The highest BCUT2D eigenvalue weighted by molar-refractivity contribution is 5.93. The number of amides is 3. The fraction of sp³-hybridized carbons (Fsp3) is 0.484. The molecule has 9 nitrogen and oxygen atoms in total. The molecule has 3 amide bonds. The summed E-state index contributed by atoms with van der Waals surface area (Å²) in [4.78, 5) is 52.0. The third-order valence-corrected chi connectivity index (χ3v) is 8.37. The molecule has 2 aromatic carbocycles. The Hall–Kier alpha value is -4.00. The lowest BCUT2D eigenvalue weighted by molar-refractivity contribution is -0.148. The van der Waals surface area contributed by atoms with Gasteiger partial charge in [-0.3, -0.25) is 14.4 Å². The maximum absolute atomic E-state index is 14.3. The van der Waals surface area contributed by atoms with Crippen molar-refractivity contribution in [3.8, 4) is 0 Å². The van der Waals surface area contributed by atoms with Crippen LogP contribution in [0.4, 0.5) is 17.6 Å². The standard InChI is InChI=1S/C31H35F4N3O6/c32-22-12-19(31(43)44)13-23(33)21(22)10-11-36-28(40)24(15-26(34)35)37-29(41)25-14-20(17-6-2-1-3-7-17)16-38(25)30(42)27(39)18-8-4-5-9-18/h1-3,6-7,12-13,18,20,24-27,39H,4-5,8-11,14-16H2,(H,36,40)(H,37,41)(H,43,44)/t20-,24+,25?,27+/m1/s1. The molecule has 1 saturated carbocycles. The van der Waals surface area contributed by atoms with Crippen molar-refractivity contribution < 1.29 is 47.0 Å². The summed E-state index contributed by atoms with van der Waals surface area (Å²) in [5.74, 6) is -6.82. The second kappa shape index (κ2) is 14.7. The second-order valence-electron chi connectivity index (χ2n) is 11.3. The van der Waals surface area contributed by atoms with E-state index in [0.29, 0.717) is 25.0 Å². The summed E-state index contributed by atoms with van der Waals surface area (Å²) in [7, 11) is 0. The number of aliphatic hydroxyl groups excluding tert-OH is 1. The summed E-state index contributed by atoms with van der Waals surface area (Å²) < 4.78 is 55.4. The maximum Gasteiger partial charge on any atom is 0.335 e. The van der Waals surface area contributed by atoms with Gasteiger partial charge in [-0.05, 0) is 49.3 Å². The minimum atomic E-state index is -2.99. The van der Waals surface area contributed by atoms with E-state index in [-0.39, 0.29) is 24.8 Å². The predicted molar refractivity (Wildman–Crippen MR) is 150 cm³/mol. The first-order valence-electron chi connectivity index (χ1n) is 14.6. The number of carbonyl (C=O) groups excluding carboxylic acids is 3. The Morgan fingerprint density at radius 1 is 1.00 bits per heavy atom. The lowest BCUT2D eigenvalue weighted by Crippen LogP contribution is -2.55. The lowest BCUT2D eigenvalue weighted by Gasteiger charge is -2.29. The number of alkyl halides is 2. The molecule has 4 rings (SSSR count). The number of aliphatic hydroxyl groups is 1. The molecule has 238 valence electrons. The minimum Gasteiger partial charge on any atom is -0.478 e. The molecule has 0 radical (unpaired) electrons. The zero-order valence-electron chi connectivity index (χ0n) is 23.9. The fourth-order valence-electron chi connectivity index (χ4n) is 6.02. The van der Waals surface area contributed by atoms with Crippen LogP contribution < -0.4 is 10.6 Å². The number of halogens is 4. The third kappa shape index (κ3) is 7.93. The number of nitrogens with one attached hydrogen (secondary N) is 2. The average Bonchev–Trinajstić information content (AvgIpc) is 3.68. The average molecular weight is 622 g/mol. The molecular formula is C31H35F4N3O6. The molecule has 44 heavy (non-hydrogen) atoms. The van der Waals surface area contributed by atoms with Gasteiger partial charge >= 0.3 is 5.97 Å². The zero-order chi connectivity index (χ0) is 32.0. The van der Waals surface area contributed by atoms with Crippen LogP contribution >= 0.6 is 0 Å². The van der Waals surface area contributed by atoms with E-state index in [0.717, 1.165) is 18.4 Å². The Morgan fingerprint density at radius 2 is 1.64 bits per heavy atom. The highest BCUT2D eigenvalue weighted by Gasteiger charge is 2.44. The number of benzene rings is 2. The first-order valence-corrected chi connectivity index (χ1v) is 14.6. The second-order valence-corrected chi connectivity index (χ2v) is 11.3. The van der Waals surface area contributed by atoms with Crippen molar-refractivity contribution >= 4 is 23.7 Å². The number of likely N-dealkylation sites (tertiary alicyclic amines) is 1. The monoisotopic (exact) mass is 621 g/mol.